The molecule has 0 radical (unpaired) electrons. The lowest BCUT2D eigenvalue weighted by molar-refractivity contribution is -0.208. The number of benzene rings is 1. The van der Waals surface area contributed by atoms with Crippen LogP contribution in [0, 0.1) is 11.2 Å². The molecule has 44 heavy (non-hydrogen) atoms. The summed E-state index contributed by atoms with van der Waals surface area (Å²) in [7, 11) is 0. The van der Waals surface area contributed by atoms with Gasteiger partial charge in [-0.1, -0.05) is 17.7 Å². The highest BCUT2D eigenvalue weighted by Crippen LogP contribution is 2.72. The molecule has 2 amide bonds. The van der Waals surface area contributed by atoms with E-state index >= 15 is 0 Å². The van der Waals surface area contributed by atoms with Gasteiger partial charge in [0, 0.05) is 66.1 Å². The fourth-order valence-electron chi connectivity index (χ4n) is 7.84. The van der Waals surface area contributed by atoms with E-state index in [-0.39, 0.29) is 41.1 Å². The van der Waals surface area contributed by atoms with Crippen molar-refractivity contribution in [3.8, 4) is 0 Å². The Labute approximate surface area is 262 Å². The van der Waals surface area contributed by atoms with E-state index in [1.165, 1.54) is 29.5 Å². The van der Waals surface area contributed by atoms with Gasteiger partial charge in [-0.25, -0.2) is 19.0 Å². The van der Waals surface area contributed by atoms with Gasteiger partial charge in [0.15, 0.2) is 10.8 Å². The van der Waals surface area contributed by atoms with E-state index in [2.05, 4.69) is 15.2 Å². The van der Waals surface area contributed by atoms with Gasteiger partial charge in [0.25, 0.3) is 0 Å². The number of amides is 2. The summed E-state index contributed by atoms with van der Waals surface area (Å²) >= 11 is 7.90. The van der Waals surface area contributed by atoms with Gasteiger partial charge in [-0.05, 0) is 43.7 Å². The number of piperazine rings is 1. The number of amidine groups is 1. The summed E-state index contributed by atoms with van der Waals surface area (Å²) in [5.41, 5.74) is 1.01. The number of rotatable bonds is 9. The van der Waals surface area contributed by atoms with Crippen LogP contribution in [0.15, 0.2) is 46.0 Å². The average Bonchev–Trinajstić information content (AvgIpc) is 3.58. The predicted octanol–water partition coefficient (Wildman–Crippen LogP) is 3.66. The van der Waals surface area contributed by atoms with Crippen LogP contribution in [0.5, 0.6) is 0 Å². The third-order valence-corrected chi connectivity index (χ3v) is 10.6. The van der Waals surface area contributed by atoms with Gasteiger partial charge in [0.2, 0.25) is 0 Å². The molecule has 2 bridgehead atoms. The molecule has 232 valence electrons. The van der Waals surface area contributed by atoms with Crippen LogP contribution < -0.4 is 5.32 Å². The number of carboxylic acid groups (broad SMARTS) is 1. The summed E-state index contributed by atoms with van der Waals surface area (Å²) in [4.78, 5) is 53.6. The van der Waals surface area contributed by atoms with E-state index in [9.17, 15) is 23.9 Å². The first kappa shape index (κ1) is 29.2. The number of fused-ring (bicyclic) bond motifs is 1. The second-order valence-corrected chi connectivity index (χ2v) is 13.7. The number of carbonyl (C=O) groups excluding carboxylic acids is 2. The normalized spacial score (nSPS) is 29.4. The first-order valence-electron chi connectivity index (χ1n) is 14.7. The van der Waals surface area contributed by atoms with Crippen molar-refractivity contribution in [2.45, 2.75) is 50.2 Å². The van der Waals surface area contributed by atoms with Gasteiger partial charge < -0.3 is 25.0 Å². The van der Waals surface area contributed by atoms with E-state index in [1.807, 2.05) is 15.2 Å². The van der Waals surface area contributed by atoms with Gasteiger partial charge >= 0.3 is 18.0 Å². The quantitative estimate of drug-likeness (QED) is 0.397. The Morgan fingerprint density at radius 3 is 2.73 bits per heavy atom. The van der Waals surface area contributed by atoms with Crippen LogP contribution in [0.3, 0.4) is 0 Å². The van der Waals surface area contributed by atoms with E-state index in [1.54, 1.807) is 13.1 Å². The Hall–Kier alpha value is -3.55. The van der Waals surface area contributed by atoms with E-state index in [0.717, 1.165) is 19.3 Å². The fourth-order valence-corrected chi connectivity index (χ4v) is 8.69. The number of hydrogen-bond acceptors (Lipinski definition) is 9. The molecule has 1 aromatic carbocycles. The minimum absolute atomic E-state index is 0.0228. The van der Waals surface area contributed by atoms with E-state index in [0.29, 0.717) is 60.4 Å². The molecule has 11 nitrogen and oxygen atoms in total. The van der Waals surface area contributed by atoms with Gasteiger partial charge in [0.1, 0.15) is 11.9 Å². The first-order chi connectivity index (χ1) is 21.1. The Bertz CT molecular complexity index is 1580. The molecule has 14 heteroatoms. The smallest absolute Gasteiger partial charge is 0.338 e. The van der Waals surface area contributed by atoms with Crippen LogP contribution in [0.4, 0.5) is 9.18 Å². The molecular formula is C30H32ClFN6O5S. The minimum atomic E-state index is -0.843. The Kier molecular flexibility index (Phi) is 7.17. The molecule has 6 aliphatic rings. The lowest BCUT2D eigenvalue weighted by Gasteiger charge is -2.73. The van der Waals surface area contributed by atoms with Crippen molar-refractivity contribution < 1.29 is 28.6 Å². The average molecular weight is 643 g/mol. The lowest BCUT2D eigenvalue weighted by atomic mass is 9.38. The maximum absolute atomic E-state index is 14.0. The second kappa shape index (κ2) is 10.8. The number of hydrogen-bond donors (Lipinski definition) is 2. The van der Waals surface area contributed by atoms with Crippen molar-refractivity contribution in [1.82, 2.24) is 25.0 Å². The van der Waals surface area contributed by atoms with Crippen LogP contribution in [0.2, 0.25) is 5.02 Å². The van der Waals surface area contributed by atoms with Crippen molar-refractivity contribution in [2.24, 2.45) is 10.4 Å². The molecule has 8 rings (SSSR count). The van der Waals surface area contributed by atoms with Crippen LogP contribution in [0.25, 0.3) is 0 Å². The van der Waals surface area contributed by atoms with Gasteiger partial charge in [-0.2, -0.15) is 0 Å². The third-order valence-electron chi connectivity index (χ3n) is 9.54. The molecule has 3 aliphatic carbocycles. The second-order valence-electron chi connectivity index (χ2n) is 12.4. The van der Waals surface area contributed by atoms with Crippen LogP contribution >= 0.6 is 22.9 Å². The number of carbonyl (C=O) groups is 3. The zero-order valence-corrected chi connectivity index (χ0v) is 25.7. The van der Waals surface area contributed by atoms with Crippen LogP contribution in [-0.4, -0.2) is 99.5 Å². The summed E-state index contributed by atoms with van der Waals surface area (Å²) in [6.07, 6.45) is 4.11. The highest BCUT2D eigenvalue weighted by atomic mass is 35.5. The summed E-state index contributed by atoms with van der Waals surface area (Å²) in [5.74, 6) is -1.33. The molecule has 2 aromatic rings. The topological polar surface area (TPSA) is 128 Å². The molecule has 0 spiro atoms. The summed E-state index contributed by atoms with van der Waals surface area (Å²) < 4.78 is 19.5. The van der Waals surface area contributed by atoms with Crippen molar-refractivity contribution in [3.63, 3.8) is 0 Å². The number of nitrogens with one attached hydrogen (secondary N) is 1. The zero-order valence-electron chi connectivity index (χ0n) is 24.1. The summed E-state index contributed by atoms with van der Waals surface area (Å²) in [6, 6.07) is 3.20. The number of esters is 1. The van der Waals surface area contributed by atoms with E-state index < -0.39 is 23.8 Å². The molecule has 3 saturated carbocycles. The maximum atomic E-state index is 14.0. The number of aliphatic carboxylic acids is 1. The Morgan fingerprint density at radius 1 is 1.25 bits per heavy atom. The van der Waals surface area contributed by atoms with Gasteiger partial charge in [-0.3, -0.25) is 14.7 Å². The molecular weight excluding hydrogens is 611 g/mol. The number of halogens is 2. The number of carboxylic acids is 1. The highest BCUT2D eigenvalue weighted by molar-refractivity contribution is 7.11. The monoisotopic (exact) mass is 642 g/mol. The number of ether oxygens (including phenoxy) is 1. The molecule has 2 atom stereocenters. The maximum Gasteiger partial charge on any atom is 0.338 e. The van der Waals surface area contributed by atoms with Crippen molar-refractivity contribution in [2.75, 3.05) is 39.3 Å². The Balaban J connectivity index is 1.14. The van der Waals surface area contributed by atoms with Crippen LogP contribution in [0.1, 0.15) is 49.2 Å². The summed E-state index contributed by atoms with van der Waals surface area (Å²) in [5, 5.41) is 15.2. The van der Waals surface area contributed by atoms with Crippen molar-refractivity contribution in [3.05, 3.63) is 62.5 Å². The fraction of sp³-hybridized carbons (Fsp3) is 0.500. The van der Waals surface area contributed by atoms with Crippen LogP contribution in [-0.2, 0) is 14.3 Å². The number of thiazole rings is 1. The largest absolute Gasteiger partial charge is 0.481 e. The lowest BCUT2D eigenvalue weighted by Crippen LogP contribution is -2.75. The highest BCUT2D eigenvalue weighted by Gasteiger charge is 2.72. The molecule has 5 fully saturated rings. The number of urea groups is 1. The van der Waals surface area contributed by atoms with E-state index in [4.69, 9.17) is 21.3 Å². The molecule has 2 N–H and O–H groups in total. The molecule has 1 aromatic heterocycles. The molecule has 4 heterocycles. The number of nitrogens with zero attached hydrogens (tertiary/aromatic N) is 5. The Morgan fingerprint density at radius 2 is 2.05 bits per heavy atom. The first-order valence-corrected chi connectivity index (χ1v) is 16.0. The minimum Gasteiger partial charge on any atom is -0.481 e. The predicted molar refractivity (Wildman–Crippen MR) is 160 cm³/mol. The summed E-state index contributed by atoms with van der Waals surface area (Å²) in [6.45, 7) is 4.59. The SMILES string of the molecule is CCOC(=O)C1=C(CN2CCN3C(=O)N(C45CC(CC(=O)O)(C4)C5)CC3C2)NC(c2nccs2)=NC1c1ccc(F)cc1Cl. The third kappa shape index (κ3) is 4.85. The van der Waals surface area contributed by atoms with Gasteiger partial charge in [-0.15, -0.1) is 11.3 Å². The van der Waals surface area contributed by atoms with Gasteiger partial charge in [0.05, 0.1) is 24.6 Å². The number of aliphatic imine (C=N–C) groups is 1. The molecule has 2 unspecified atom stereocenters. The standard InChI is InChI=1S/C30H32ClFN6O5S/c1-2-43-27(41)23-21(34-25(26-33-5-8-44-26)35-24(23)19-4-3-17(32)9-20(19)31)13-36-6-7-37-18(11-36)12-38(28(37)42)30-14-29(15-30,16-30)10-22(39)40/h3-5,8-9,18,24H,2,6-7,10-16H2,1H3,(H,34,35)(H,39,40). The zero-order chi connectivity index (χ0) is 30.8. The van der Waals surface area contributed by atoms with Crippen molar-refractivity contribution in [1.29, 1.82) is 0 Å². The number of aromatic nitrogens is 1. The van der Waals surface area contributed by atoms with Crippen molar-refractivity contribution >= 4 is 46.7 Å². The molecule has 3 aliphatic heterocycles. The molecule has 2 saturated heterocycles.